The van der Waals surface area contributed by atoms with Crippen LogP contribution in [0.5, 0.6) is 5.75 Å². The maximum absolute atomic E-state index is 12.2. The van der Waals surface area contributed by atoms with Crippen LogP contribution in [0.2, 0.25) is 0 Å². The molecule has 0 amide bonds. The number of nitrogens with two attached hydrogens (primary N) is 1. The van der Waals surface area contributed by atoms with Crippen molar-refractivity contribution in [1.29, 1.82) is 5.41 Å². The SMILES string of the molecule is I.N=C(N)c1ccc(C(=O)CCC(=O)c2ccc(OCC(=O)O)cc2)cc1. The average Bonchev–Trinajstić information content (AvgIpc) is 2.64. The number of nitrogen functional groups attached to an aromatic ring is 1. The minimum absolute atomic E-state index is 0. The summed E-state index contributed by atoms with van der Waals surface area (Å²) in [6.07, 6.45) is 0.123. The summed E-state index contributed by atoms with van der Waals surface area (Å²) in [5.74, 6) is -1.17. The van der Waals surface area contributed by atoms with E-state index in [-0.39, 0.29) is 54.2 Å². The van der Waals surface area contributed by atoms with Crippen LogP contribution in [-0.4, -0.2) is 35.1 Å². The van der Waals surface area contributed by atoms with Crippen molar-refractivity contribution in [1.82, 2.24) is 0 Å². The number of benzene rings is 2. The van der Waals surface area contributed by atoms with Crippen LogP contribution in [0.25, 0.3) is 0 Å². The van der Waals surface area contributed by atoms with E-state index < -0.39 is 12.6 Å². The molecule has 0 aliphatic heterocycles. The predicted octanol–water partition coefficient (Wildman–Crippen LogP) is 2.90. The number of rotatable bonds is 9. The molecule has 0 aliphatic carbocycles. The highest BCUT2D eigenvalue weighted by atomic mass is 127. The van der Waals surface area contributed by atoms with Crippen LogP contribution in [0.1, 0.15) is 39.1 Å². The summed E-state index contributed by atoms with van der Waals surface area (Å²) in [5, 5.41) is 15.9. The van der Waals surface area contributed by atoms with Crippen molar-refractivity contribution in [3.8, 4) is 5.75 Å². The Morgan fingerprint density at radius 1 is 0.852 bits per heavy atom. The number of aliphatic carboxylic acids is 1. The Bertz CT molecular complexity index is 832. The first-order chi connectivity index (χ1) is 12.4. The zero-order valence-electron chi connectivity index (χ0n) is 14.3. The van der Waals surface area contributed by atoms with Gasteiger partial charge in [-0.25, -0.2) is 4.79 Å². The second-order valence-corrected chi connectivity index (χ2v) is 5.54. The monoisotopic (exact) mass is 482 g/mol. The summed E-state index contributed by atoms with van der Waals surface area (Å²) in [5.41, 5.74) is 6.78. The fourth-order valence-electron chi connectivity index (χ4n) is 2.23. The molecule has 0 spiro atoms. The number of amidine groups is 1. The molecule has 142 valence electrons. The Morgan fingerprint density at radius 3 is 1.67 bits per heavy atom. The van der Waals surface area contributed by atoms with Gasteiger partial charge in [0.05, 0.1) is 0 Å². The number of carbonyl (C=O) groups is 3. The molecule has 0 heterocycles. The fourth-order valence-corrected chi connectivity index (χ4v) is 2.23. The predicted molar refractivity (Wildman–Crippen MR) is 110 cm³/mol. The molecule has 27 heavy (non-hydrogen) atoms. The number of carboxylic acid groups (broad SMARTS) is 1. The molecule has 4 N–H and O–H groups in total. The van der Waals surface area contributed by atoms with Gasteiger partial charge in [0.25, 0.3) is 0 Å². The molecular formula is C19H19IN2O5. The smallest absolute Gasteiger partial charge is 0.341 e. The summed E-state index contributed by atoms with van der Waals surface area (Å²) in [4.78, 5) is 34.8. The van der Waals surface area contributed by atoms with E-state index in [2.05, 4.69) is 0 Å². The highest BCUT2D eigenvalue weighted by Crippen LogP contribution is 2.15. The van der Waals surface area contributed by atoms with Crippen LogP contribution in [0.3, 0.4) is 0 Å². The van der Waals surface area contributed by atoms with E-state index in [4.69, 9.17) is 21.0 Å². The highest BCUT2D eigenvalue weighted by molar-refractivity contribution is 14.0. The van der Waals surface area contributed by atoms with Gasteiger partial charge >= 0.3 is 5.97 Å². The van der Waals surface area contributed by atoms with Crippen LogP contribution in [0, 0.1) is 5.41 Å². The molecule has 2 aromatic carbocycles. The van der Waals surface area contributed by atoms with Crippen molar-refractivity contribution < 1.29 is 24.2 Å². The van der Waals surface area contributed by atoms with E-state index in [1.165, 1.54) is 24.3 Å². The Morgan fingerprint density at radius 2 is 1.26 bits per heavy atom. The molecular weight excluding hydrogens is 463 g/mol. The molecule has 0 saturated heterocycles. The Labute approximate surface area is 173 Å². The third kappa shape index (κ3) is 6.81. The normalized spacial score (nSPS) is 9.78. The molecule has 0 radical (unpaired) electrons. The van der Waals surface area contributed by atoms with Crippen LogP contribution in [0.15, 0.2) is 48.5 Å². The number of halogens is 1. The molecule has 0 aromatic heterocycles. The van der Waals surface area contributed by atoms with Crippen molar-refractivity contribution in [3.05, 3.63) is 65.2 Å². The van der Waals surface area contributed by atoms with Gasteiger partial charge in [0.15, 0.2) is 18.2 Å². The van der Waals surface area contributed by atoms with Crippen LogP contribution in [-0.2, 0) is 4.79 Å². The van der Waals surface area contributed by atoms with E-state index in [1.807, 2.05) is 0 Å². The summed E-state index contributed by atoms with van der Waals surface area (Å²) in [7, 11) is 0. The molecule has 0 saturated carbocycles. The third-order valence-electron chi connectivity index (χ3n) is 3.64. The van der Waals surface area contributed by atoms with E-state index in [9.17, 15) is 14.4 Å². The number of nitrogens with one attached hydrogen (secondary N) is 1. The van der Waals surface area contributed by atoms with Gasteiger partial charge < -0.3 is 15.6 Å². The van der Waals surface area contributed by atoms with Crippen molar-refractivity contribution in [2.75, 3.05) is 6.61 Å². The van der Waals surface area contributed by atoms with Gasteiger partial charge in [-0.1, -0.05) is 24.3 Å². The van der Waals surface area contributed by atoms with Gasteiger partial charge in [-0.2, -0.15) is 0 Å². The number of hydrogen-bond acceptors (Lipinski definition) is 5. The number of Topliss-reactive ketones (excluding diaryl/α,β-unsaturated/α-hetero) is 2. The summed E-state index contributed by atoms with van der Waals surface area (Å²) in [6.45, 7) is -0.454. The Kier molecular flexibility index (Phi) is 8.60. The standard InChI is InChI=1S/C19H18N2O5.HI/c20-19(21)14-3-1-12(2-4-14)16(22)9-10-17(23)13-5-7-15(8-6-13)26-11-18(24)25;/h1-8H,9-11H2,(H3,20,21)(H,24,25);1H. The zero-order valence-corrected chi connectivity index (χ0v) is 16.6. The number of carbonyl (C=O) groups excluding carboxylic acids is 2. The van der Waals surface area contributed by atoms with Crippen molar-refractivity contribution >= 4 is 47.3 Å². The molecule has 7 nitrogen and oxygen atoms in total. The summed E-state index contributed by atoms with van der Waals surface area (Å²) in [6, 6.07) is 12.4. The number of carboxylic acids is 1. The topological polar surface area (TPSA) is 131 Å². The first-order valence-corrected chi connectivity index (χ1v) is 7.82. The van der Waals surface area contributed by atoms with Crippen molar-refractivity contribution in [3.63, 3.8) is 0 Å². The Hall–Kier alpha value is -2.75. The van der Waals surface area contributed by atoms with Gasteiger partial charge in [0.1, 0.15) is 11.6 Å². The van der Waals surface area contributed by atoms with E-state index in [0.717, 1.165) is 0 Å². The maximum Gasteiger partial charge on any atom is 0.341 e. The van der Waals surface area contributed by atoms with E-state index in [1.54, 1.807) is 24.3 Å². The first-order valence-electron chi connectivity index (χ1n) is 7.82. The van der Waals surface area contributed by atoms with Gasteiger partial charge in [-0.15, -0.1) is 24.0 Å². The first kappa shape index (κ1) is 22.3. The number of hydrogen-bond donors (Lipinski definition) is 3. The van der Waals surface area contributed by atoms with Crippen molar-refractivity contribution in [2.24, 2.45) is 5.73 Å². The second-order valence-electron chi connectivity index (χ2n) is 5.54. The molecule has 0 aliphatic rings. The molecule has 2 rings (SSSR count). The van der Waals surface area contributed by atoms with Crippen molar-refractivity contribution in [2.45, 2.75) is 12.8 Å². The van der Waals surface area contributed by atoms with Gasteiger partial charge in [-0.05, 0) is 24.3 Å². The molecule has 0 atom stereocenters. The lowest BCUT2D eigenvalue weighted by molar-refractivity contribution is -0.139. The molecule has 2 aromatic rings. The van der Waals surface area contributed by atoms with Gasteiger partial charge in [0, 0.05) is 29.5 Å². The lowest BCUT2D eigenvalue weighted by Gasteiger charge is -2.05. The summed E-state index contributed by atoms with van der Waals surface area (Å²) < 4.78 is 5.00. The zero-order chi connectivity index (χ0) is 19.1. The van der Waals surface area contributed by atoms with Crippen LogP contribution >= 0.6 is 24.0 Å². The third-order valence-corrected chi connectivity index (χ3v) is 3.64. The fraction of sp³-hybridized carbons (Fsp3) is 0.158. The van der Waals surface area contributed by atoms with Crippen LogP contribution < -0.4 is 10.5 Å². The quantitative estimate of drug-likeness (QED) is 0.218. The summed E-state index contributed by atoms with van der Waals surface area (Å²) >= 11 is 0. The largest absolute Gasteiger partial charge is 0.482 e. The van der Waals surface area contributed by atoms with Gasteiger partial charge in [-0.3, -0.25) is 15.0 Å². The lowest BCUT2D eigenvalue weighted by Crippen LogP contribution is -2.11. The lowest BCUT2D eigenvalue weighted by atomic mass is 10.0. The molecule has 0 unspecified atom stereocenters. The number of ketones is 2. The molecule has 0 bridgehead atoms. The highest BCUT2D eigenvalue weighted by Gasteiger charge is 2.12. The van der Waals surface area contributed by atoms with Crippen LogP contribution in [0.4, 0.5) is 0 Å². The molecule has 0 fully saturated rings. The van der Waals surface area contributed by atoms with E-state index in [0.29, 0.717) is 22.4 Å². The minimum Gasteiger partial charge on any atom is -0.482 e. The van der Waals surface area contributed by atoms with Gasteiger partial charge in [0.2, 0.25) is 0 Å². The van der Waals surface area contributed by atoms with E-state index >= 15 is 0 Å². The second kappa shape index (κ2) is 10.4. The maximum atomic E-state index is 12.2. The average molecular weight is 482 g/mol. The number of ether oxygens (including phenoxy) is 1. The molecule has 8 heteroatoms. The Balaban J connectivity index is 0.00000364. The minimum atomic E-state index is -1.08.